The Labute approximate surface area is 199 Å². The molecule has 174 valence electrons. The summed E-state index contributed by atoms with van der Waals surface area (Å²) in [5.74, 6) is 0. The van der Waals surface area contributed by atoms with Crippen LogP contribution >= 0.6 is 0 Å². The Morgan fingerprint density at radius 2 is 0.818 bits per heavy atom. The lowest BCUT2D eigenvalue weighted by Gasteiger charge is -2.36. The van der Waals surface area contributed by atoms with Gasteiger partial charge in [-0.3, -0.25) is 0 Å². The second kappa shape index (κ2) is 7.21. The molecule has 0 atom stereocenters. The third-order valence-corrected chi connectivity index (χ3v) is 8.81. The molecule has 4 nitrogen and oxygen atoms in total. The lowest BCUT2D eigenvalue weighted by Crippen LogP contribution is -2.51. The number of benzene rings is 2. The average molecular weight is 446 g/mol. The first-order valence-electron chi connectivity index (χ1n) is 12.2. The highest BCUT2D eigenvalue weighted by atomic mass is 16.7. The maximum absolute atomic E-state index is 6.76. The second-order valence-corrected chi connectivity index (χ2v) is 12.1. The summed E-state index contributed by atoms with van der Waals surface area (Å²) in [5, 5.41) is -0.557. The van der Waals surface area contributed by atoms with Gasteiger partial charge >= 0.3 is 14.2 Å². The van der Waals surface area contributed by atoms with Crippen LogP contribution in [-0.2, 0) is 31.5 Å². The maximum Gasteiger partial charge on any atom is 0.462 e. The number of hydrogen-bond donors (Lipinski definition) is 0. The summed E-state index contributed by atoms with van der Waals surface area (Å²) in [7, 11) is -0.951. The second-order valence-electron chi connectivity index (χ2n) is 12.1. The highest BCUT2D eigenvalue weighted by Crippen LogP contribution is 2.56. The van der Waals surface area contributed by atoms with E-state index in [0.29, 0.717) is 0 Å². The minimum atomic E-state index is -0.557. The summed E-state index contributed by atoms with van der Waals surface area (Å²) in [6.45, 7) is 16.9. The van der Waals surface area contributed by atoms with Crippen molar-refractivity contribution < 1.29 is 18.6 Å². The minimum absolute atomic E-state index is 0.445. The normalized spacial score (nSPS) is 25.9. The van der Waals surface area contributed by atoms with Crippen molar-refractivity contribution in [2.45, 2.75) is 95.8 Å². The van der Waals surface area contributed by atoms with Crippen LogP contribution in [0.15, 0.2) is 48.5 Å². The van der Waals surface area contributed by atoms with E-state index in [1.807, 2.05) is 0 Å². The topological polar surface area (TPSA) is 36.9 Å². The van der Waals surface area contributed by atoms with Crippen LogP contribution in [0, 0.1) is 0 Å². The summed E-state index contributed by atoms with van der Waals surface area (Å²) in [5.41, 5.74) is 3.29. The van der Waals surface area contributed by atoms with Crippen molar-refractivity contribution in [2.75, 3.05) is 0 Å². The number of fused-ring (bicyclic) bond motifs is 3. The third kappa shape index (κ3) is 3.44. The molecule has 0 N–H and O–H groups in total. The molecule has 0 spiro atoms. The first kappa shape index (κ1) is 23.2. The zero-order valence-electron chi connectivity index (χ0n) is 21.3. The molecule has 5 rings (SSSR count). The number of rotatable bonds is 2. The lowest BCUT2D eigenvalue weighted by molar-refractivity contribution is 0.00578. The highest BCUT2D eigenvalue weighted by molar-refractivity contribution is 6.71. The fourth-order valence-corrected chi connectivity index (χ4v) is 5.25. The molecule has 0 unspecified atom stereocenters. The van der Waals surface area contributed by atoms with Gasteiger partial charge in [0.15, 0.2) is 0 Å². The first-order valence-corrected chi connectivity index (χ1v) is 12.2. The molecule has 33 heavy (non-hydrogen) atoms. The van der Waals surface area contributed by atoms with Crippen molar-refractivity contribution in [1.29, 1.82) is 0 Å². The summed E-state index contributed by atoms with van der Waals surface area (Å²) < 4.78 is 27.0. The molecular weight excluding hydrogens is 410 g/mol. The molecule has 1 aliphatic carbocycles. The van der Waals surface area contributed by atoms with Gasteiger partial charge in [0.05, 0.1) is 22.4 Å². The molecule has 0 aromatic heterocycles. The van der Waals surface area contributed by atoms with Crippen LogP contribution in [-0.4, -0.2) is 36.6 Å². The van der Waals surface area contributed by atoms with Gasteiger partial charge in [-0.25, -0.2) is 0 Å². The summed E-state index contributed by atoms with van der Waals surface area (Å²) in [4.78, 5) is 0. The van der Waals surface area contributed by atoms with Gasteiger partial charge in [-0.1, -0.05) is 48.5 Å². The van der Waals surface area contributed by atoms with Gasteiger partial charge in [0, 0.05) is 5.21 Å². The smallest absolute Gasteiger partial charge is 0.403 e. The van der Waals surface area contributed by atoms with Crippen LogP contribution in [0.3, 0.4) is 0 Å². The molecule has 2 heterocycles. The van der Waals surface area contributed by atoms with Crippen LogP contribution in [0.5, 0.6) is 0 Å². The van der Waals surface area contributed by atoms with Gasteiger partial charge in [-0.05, 0) is 90.5 Å². The largest absolute Gasteiger partial charge is 0.462 e. The lowest BCUT2D eigenvalue weighted by atomic mass is 9.35. The minimum Gasteiger partial charge on any atom is -0.403 e. The standard InChI is InChI=1S/C27H36B2O4/c1-23(2)24(3,4)31-28(30-23)27(29-32-25(5,6)26(7,8)33-29)17-19-13-9-11-15-21(19)22-16-12-10-14-20(22)18-27/h9-16H,17-18H2,1-8H3. The molecule has 3 aliphatic rings. The van der Waals surface area contributed by atoms with Gasteiger partial charge in [0.25, 0.3) is 0 Å². The van der Waals surface area contributed by atoms with E-state index in [1.54, 1.807) is 0 Å². The van der Waals surface area contributed by atoms with E-state index >= 15 is 0 Å². The Morgan fingerprint density at radius 1 is 0.515 bits per heavy atom. The quantitative estimate of drug-likeness (QED) is 0.538. The first-order chi connectivity index (χ1) is 15.3. The molecule has 0 amide bonds. The molecular formula is C27H36B2O4. The van der Waals surface area contributed by atoms with E-state index in [2.05, 4.69) is 104 Å². The van der Waals surface area contributed by atoms with E-state index in [9.17, 15) is 0 Å². The van der Waals surface area contributed by atoms with Crippen molar-refractivity contribution in [3.63, 3.8) is 0 Å². The van der Waals surface area contributed by atoms with Crippen molar-refractivity contribution in [3.05, 3.63) is 59.7 Å². The van der Waals surface area contributed by atoms with Crippen LogP contribution in [0.1, 0.15) is 66.5 Å². The highest BCUT2D eigenvalue weighted by Gasteiger charge is 2.69. The van der Waals surface area contributed by atoms with Crippen molar-refractivity contribution in [2.24, 2.45) is 0 Å². The molecule has 0 bridgehead atoms. The molecule has 2 saturated heterocycles. The summed E-state index contributed by atoms with van der Waals surface area (Å²) in [6.07, 6.45) is 1.48. The maximum atomic E-state index is 6.76. The van der Waals surface area contributed by atoms with E-state index in [0.717, 1.165) is 12.8 Å². The Balaban J connectivity index is 1.71. The monoisotopic (exact) mass is 446 g/mol. The summed E-state index contributed by atoms with van der Waals surface area (Å²) >= 11 is 0. The number of hydrogen-bond acceptors (Lipinski definition) is 4. The van der Waals surface area contributed by atoms with Gasteiger partial charge in [-0.15, -0.1) is 0 Å². The zero-order chi connectivity index (χ0) is 23.9. The van der Waals surface area contributed by atoms with E-state index in [4.69, 9.17) is 18.6 Å². The van der Waals surface area contributed by atoms with Crippen molar-refractivity contribution in [1.82, 2.24) is 0 Å². The van der Waals surface area contributed by atoms with Gasteiger partial charge < -0.3 is 18.6 Å². The predicted molar refractivity (Wildman–Crippen MR) is 134 cm³/mol. The van der Waals surface area contributed by atoms with Crippen LogP contribution in [0.2, 0.25) is 5.21 Å². The van der Waals surface area contributed by atoms with E-state index in [1.165, 1.54) is 22.3 Å². The zero-order valence-corrected chi connectivity index (χ0v) is 21.3. The SMILES string of the molecule is CC1(C)OB(C2(B3OC(C)(C)C(C)(C)O3)Cc3ccccc3-c3ccccc3C2)OC1(C)C. The molecule has 6 heteroatoms. The van der Waals surface area contributed by atoms with Crippen LogP contribution in [0.4, 0.5) is 0 Å². The van der Waals surface area contributed by atoms with E-state index in [-0.39, 0.29) is 0 Å². The van der Waals surface area contributed by atoms with Gasteiger partial charge in [0.2, 0.25) is 0 Å². The fourth-order valence-electron chi connectivity index (χ4n) is 5.25. The Kier molecular flexibility index (Phi) is 5.06. The molecule has 2 aliphatic heterocycles. The van der Waals surface area contributed by atoms with Crippen LogP contribution in [0.25, 0.3) is 11.1 Å². The molecule has 2 fully saturated rings. The average Bonchev–Trinajstić information content (AvgIpc) is 3.00. The molecule has 2 aromatic carbocycles. The third-order valence-electron chi connectivity index (χ3n) is 8.81. The van der Waals surface area contributed by atoms with E-state index < -0.39 is 41.9 Å². The summed E-state index contributed by atoms with van der Waals surface area (Å²) in [6, 6.07) is 17.4. The Morgan fingerprint density at radius 3 is 1.15 bits per heavy atom. The van der Waals surface area contributed by atoms with Gasteiger partial charge in [0.1, 0.15) is 0 Å². The van der Waals surface area contributed by atoms with Crippen LogP contribution < -0.4 is 0 Å². The Hall–Kier alpha value is -1.59. The van der Waals surface area contributed by atoms with Crippen molar-refractivity contribution in [3.8, 4) is 11.1 Å². The van der Waals surface area contributed by atoms with Gasteiger partial charge in [-0.2, -0.15) is 0 Å². The fraction of sp³-hybridized carbons (Fsp3) is 0.556. The molecule has 0 radical (unpaired) electrons. The molecule has 0 saturated carbocycles. The Bertz CT molecular complexity index is 958. The van der Waals surface area contributed by atoms with Crippen molar-refractivity contribution >= 4 is 14.2 Å². The predicted octanol–water partition coefficient (Wildman–Crippen LogP) is 5.92. The molecule has 2 aromatic rings.